The molecule has 0 aliphatic carbocycles. The molecule has 0 saturated heterocycles. The molecular weight excluding hydrogens is 286 g/mol. The van der Waals surface area contributed by atoms with E-state index in [4.69, 9.17) is 0 Å². The van der Waals surface area contributed by atoms with Crippen LogP contribution in [0.3, 0.4) is 0 Å². The van der Waals surface area contributed by atoms with E-state index < -0.39 is 11.5 Å². The van der Waals surface area contributed by atoms with E-state index in [1.807, 2.05) is 6.92 Å². The molecule has 0 bridgehead atoms. The van der Waals surface area contributed by atoms with Crippen molar-refractivity contribution in [2.45, 2.75) is 26.3 Å². The molecular formula is C15H17N3O4. The summed E-state index contributed by atoms with van der Waals surface area (Å²) in [5.41, 5.74) is -0.720. The number of hydrogen-bond donors (Lipinski definition) is 2. The first-order valence-corrected chi connectivity index (χ1v) is 7.04. The largest absolute Gasteiger partial charge is 0.476 e. The van der Waals surface area contributed by atoms with Crippen LogP contribution in [0.15, 0.2) is 29.1 Å². The summed E-state index contributed by atoms with van der Waals surface area (Å²) >= 11 is 0. The summed E-state index contributed by atoms with van der Waals surface area (Å²) in [6.07, 6.45) is 1.78. The lowest BCUT2D eigenvalue weighted by molar-refractivity contribution is -0.121. The molecule has 1 amide bonds. The van der Waals surface area contributed by atoms with Gasteiger partial charge in [-0.3, -0.25) is 9.59 Å². The van der Waals surface area contributed by atoms with Crippen molar-refractivity contribution in [2.75, 3.05) is 6.54 Å². The average Bonchev–Trinajstić information content (AvgIpc) is 2.50. The third-order valence-electron chi connectivity index (χ3n) is 3.22. The zero-order valence-electron chi connectivity index (χ0n) is 12.2. The fourth-order valence-corrected chi connectivity index (χ4v) is 2.10. The molecule has 7 heteroatoms. The highest BCUT2D eigenvalue weighted by molar-refractivity contribution is 6.01. The molecule has 116 valence electrons. The van der Waals surface area contributed by atoms with Gasteiger partial charge in [-0.25, -0.2) is 9.48 Å². The van der Waals surface area contributed by atoms with Crippen molar-refractivity contribution in [1.82, 2.24) is 15.1 Å². The van der Waals surface area contributed by atoms with E-state index in [2.05, 4.69) is 10.4 Å². The summed E-state index contributed by atoms with van der Waals surface area (Å²) in [7, 11) is 0. The highest BCUT2D eigenvalue weighted by atomic mass is 16.4. The highest BCUT2D eigenvalue weighted by Gasteiger charge is 2.16. The number of hydrogen-bond acceptors (Lipinski definition) is 4. The standard InChI is InChI=1S/C15H17N3O4/c1-2-3-8-16-12(19)9-18-14(20)11-7-5-4-6-10(11)13(17-18)15(21)22/h4-7H,2-3,8-9H2,1H3,(H,16,19)(H,21,22). The van der Waals surface area contributed by atoms with Gasteiger partial charge < -0.3 is 10.4 Å². The number of amides is 1. The van der Waals surface area contributed by atoms with Gasteiger partial charge in [0.1, 0.15) is 6.54 Å². The van der Waals surface area contributed by atoms with Gasteiger partial charge in [0, 0.05) is 11.9 Å². The quantitative estimate of drug-likeness (QED) is 0.776. The summed E-state index contributed by atoms with van der Waals surface area (Å²) in [6.45, 7) is 2.22. The summed E-state index contributed by atoms with van der Waals surface area (Å²) in [4.78, 5) is 35.4. The second-order valence-electron chi connectivity index (χ2n) is 4.87. The fourth-order valence-electron chi connectivity index (χ4n) is 2.10. The lowest BCUT2D eigenvalue weighted by Crippen LogP contribution is -2.35. The van der Waals surface area contributed by atoms with Crippen LogP contribution in [0.2, 0.25) is 0 Å². The van der Waals surface area contributed by atoms with Crippen LogP contribution in [0.1, 0.15) is 30.3 Å². The molecule has 0 fully saturated rings. The van der Waals surface area contributed by atoms with Crippen molar-refractivity contribution in [3.8, 4) is 0 Å². The highest BCUT2D eigenvalue weighted by Crippen LogP contribution is 2.12. The summed E-state index contributed by atoms with van der Waals surface area (Å²) < 4.78 is 0.896. The molecule has 0 aliphatic rings. The van der Waals surface area contributed by atoms with Crippen LogP contribution in [0.5, 0.6) is 0 Å². The number of carbonyl (C=O) groups excluding carboxylic acids is 1. The van der Waals surface area contributed by atoms with Crippen LogP contribution in [0, 0.1) is 0 Å². The van der Waals surface area contributed by atoms with Crippen molar-refractivity contribution < 1.29 is 14.7 Å². The Morgan fingerprint density at radius 2 is 1.95 bits per heavy atom. The summed E-state index contributed by atoms with van der Waals surface area (Å²) in [6, 6.07) is 6.33. The number of aromatic nitrogens is 2. The van der Waals surface area contributed by atoms with Crippen LogP contribution in [-0.4, -0.2) is 33.3 Å². The van der Waals surface area contributed by atoms with Crippen molar-refractivity contribution in [3.63, 3.8) is 0 Å². The zero-order chi connectivity index (χ0) is 16.1. The molecule has 0 radical (unpaired) electrons. The second kappa shape index (κ2) is 6.84. The molecule has 22 heavy (non-hydrogen) atoms. The van der Waals surface area contributed by atoms with Crippen LogP contribution < -0.4 is 10.9 Å². The van der Waals surface area contributed by atoms with Crippen LogP contribution in [0.4, 0.5) is 0 Å². The molecule has 0 atom stereocenters. The van der Waals surface area contributed by atoms with Gasteiger partial charge in [0.05, 0.1) is 5.39 Å². The first-order chi connectivity index (χ1) is 10.5. The summed E-state index contributed by atoms with van der Waals surface area (Å²) in [5.74, 6) is -1.61. The minimum atomic E-state index is -1.24. The predicted molar refractivity (Wildman–Crippen MR) is 80.9 cm³/mol. The van der Waals surface area contributed by atoms with Crippen LogP contribution in [0.25, 0.3) is 10.8 Å². The Balaban J connectivity index is 2.38. The average molecular weight is 303 g/mol. The van der Waals surface area contributed by atoms with Crippen LogP contribution >= 0.6 is 0 Å². The Morgan fingerprint density at radius 3 is 2.59 bits per heavy atom. The number of nitrogens with zero attached hydrogens (tertiary/aromatic N) is 2. The van der Waals surface area contributed by atoms with Gasteiger partial charge in [-0.2, -0.15) is 5.10 Å². The maximum atomic E-state index is 12.3. The van der Waals surface area contributed by atoms with Crippen molar-refractivity contribution in [1.29, 1.82) is 0 Å². The first kappa shape index (κ1) is 15.7. The van der Waals surface area contributed by atoms with E-state index in [1.54, 1.807) is 12.1 Å². The van der Waals surface area contributed by atoms with Gasteiger partial charge >= 0.3 is 5.97 Å². The predicted octanol–water partition coefficient (Wildman–Crippen LogP) is 1.01. The molecule has 1 aromatic heterocycles. The number of aromatic carboxylic acids is 1. The number of nitrogens with one attached hydrogen (secondary N) is 1. The van der Waals surface area contributed by atoms with Gasteiger partial charge in [0.25, 0.3) is 5.56 Å². The van der Waals surface area contributed by atoms with Gasteiger partial charge in [0.2, 0.25) is 5.91 Å². The Bertz CT molecular complexity index is 767. The van der Waals surface area contributed by atoms with Gasteiger partial charge in [-0.05, 0) is 12.5 Å². The van der Waals surface area contributed by atoms with E-state index in [0.29, 0.717) is 6.54 Å². The lowest BCUT2D eigenvalue weighted by atomic mass is 10.1. The van der Waals surface area contributed by atoms with E-state index in [1.165, 1.54) is 12.1 Å². The molecule has 0 unspecified atom stereocenters. The van der Waals surface area contributed by atoms with Crippen molar-refractivity contribution in [3.05, 3.63) is 40.3 Å². The van der Waals surface area contributed by atoms with E-state index in [0.717, 1.165) is 17.5 Å². The topological polar surface area (TPSA) is 101 Å². The number of carboxylic acid groups (broad SMARTS) is 1. The van der Waals surface area contributed by atoms with Crippen molar-refractivity contribution in [2.24, 2.45) is 0 Å². The molecule has 0 saturated carbocycles. The maximum absolute atomic E-state index is 12.3. The molecule has 1 heterocycles. The normalized spacial score (nSPS) is 10.6. The van der Waals surface area contributed by atoms with E-state index in [-0.39, 0.29) is 28.9 Å². The number of carbonyl (C=O) groups is 2. The van der Waals surface area contributed by atoms with E-state index in [9.17, 15) is 19.5 Å². The summed E-state index contributed by atoms with van der Waals surface area (Å²) in [5, 5.41) is 16.2. The molecule has 2 rings (SSSR count). The molecule has 0 aliphatic heterocycles. The maximum Gasteiger partial charge on any atom is 0.357 e. The first-order valence-electron chi connectivity index (χ1n) is 7.04. The number of carboxylic acids is 1. The third-order valence-corrected chi connectivity index (χ3v) is 3.22. The SMILES string of the molecule is CCCCNC(=O)Cn1nc(C(=O)O)c2ccccc2c1=O. The van der Waals surface area contributed by atoms with Crippen LogP contribution in [-0.2, 0) is 11.3 Å². The molecule has 0 spiro atoms. The molecule has 7 nitrogen and oxygen atoms in total. The van der Waals surface area contributed by atoms with Gasteiger partial charge in [-0.1, -0.05) is 31.5 Å². The molecule has 1 aromatic carbocycles. The molecule has 2 N–H and O–H groups in total. The number of rotatable bonds is 6. The van der Waals surface area contributed by atoms with Gasteiger partial charge in [-0.15, -0.1) is 0 Å². The minimum absolute atomic E-state index is 0.233. The Morgan fingerprint density at radius 1 is 1.27 bits per heavy atom. The molecule has 2 aromatic rings. The minimum Gasteiger partial charge on any atom is -0.476 e. The third kappa shape index (κ3) is 3.30. The number of fused-ring (bicyclic) bond motifs is 1. The smallest absolute Gasteiger partial charge is 0.357 e. The van der Waals surface area contributed by atoms with Crippen molar-refractivity contribution >= 4 is 22.6 Å². The number of unbranched alkanes of at least 4 members (excludes halogenated alkanes) is 1. The number of benzene rings is 1. The fraction of sp³-hybridized carbons (Fsp3) is 0.333. The Kier molecular flexibility index (Phi) is 4.88. The second-order valence-corrected chi connectivity index (χ2v) is 4.87. The van der Waals surface area contributed by atoms with Gasteiger partial charge in [0.15, 0.2) is 5.69 Å². The zero-order valence-corrected chi connectivity index (χ0v) is 12.2. The lowest BCUT2D eigenvalue weighted by Gasteiger charge is -2.09. The Labute approximate surface area is 126 Å². The van der Waals surface area contributed by atoms with E-state index >= 15 is 0 Å². The Hall–Kier alpha value is -2.70. The monoisotopic (exact) mass is 303 g/mol.